The molecule has 1 aromatic carbocycles. The van der Waals surface area contributed by atoms with Crippen molar-refractivity contribution in [3.05, 3.63) is 35.6 Å². The fourth-order valence-electron chi connectivity index (χ4n) is 0.873. The number of carboxylic acid groups (broad SMARTS) is 1. The van der Waals surface area contributed by atoms with E-state index in [1.807, 2.05) is 0 Å². The van der Waals surface area contributed by atoms with Crippen LogP contribution in [0.1, 0.15) is 12.5 Å². The quantitative estimate of drug-likeness (QED) is 0.802. The Morgan fingerprint density at radius 2 is 2.07 bits per heavy atom. The second-order valence-corrected chi connectivity index (χ2v) is 2.92. The molecule has 76 valence electrons. The van der Waals surface area contributed by atoms with E-state index < -0.39 is 12.1 Å². The summed E-state index contributed by atoms with van der Waals surface area (Å²) < 4.78 is 17.5. The second-order valence-electron chi connectivity index (χ2n) is 2.92. The van der Waals surface area contributed by atoms with Gasteiger partial charge >= 0.3 is 5.97 Å². The molecule has 0 radical (unpaired) electrons. The fraction of sp³-hybridized carbons (Fsp3) is 0.300. The van der Waals surface area contributed by atoms with Gasteiger partial charge in [-0.25, -0.2) is 9.18 Å². The Morgan fingerprint density at radius 3 is 2.57 bits per heavy atom. The minimum absolute atomic E-state index is 0.174. The number of halogens is 1. The average molecular weight is 198 g/mol. The summed E-state index contributed by atoms with van der Waals surface area (Å²) in [5.41, 5.74) is 0.750. The van der Waals surface area contributed by atoms with Crippen LogP contribution in [0.3, 0.4) is 0 Å². The lowest BCUT2D eigenvalue weighted by atomic mass is 10.2. The van der Waals surface area contributed by atoms with Crippen molar-refractivity contribution in [1.29, 1.82) is 0 Å². The van der Waals surface area contributed by atoms with E-state index in [0.29, 0.717) is 0 Å². The van der Waals surface area contributed by atoms with Crippen molar-refractivity contribution in [2.75, 3.05) is 0 Å². The number of hydrogen-bond acceptors (Lipinski definition) is 2. The molecule has 1 atom stereocenters. The average Bonchev–Trinajstić information content (AvgIpc) is 2.16. The molecular weight excluding hydrogens is 187 g/mol. The molecule has 0 saturated heterocycles. The number of ether oxygens (including phenoxy) is 1. The zero-order valence-corrected chi connectivity index (χ0v) is 7.74. The third-order valence-electron chi connectivity index (χ3n) is 1.76. The molecule has 0 aliphatic carbocycles. The standard InChI is InChI=1S/C10H11FO3/c1-7(10(12)13)14-6-8-2-4-9(11)5-3-8/h2-5,7H,6H2,1H3,(H,12,13)/t7-/m1/s1. The van der Waals surface area contributed by atoms with Gasteiger partial charge in [-0.15, -0.1) is 0 Å². The summed E-state index contributed by atoms with van der Waals surface area (Å²) in [5, 5.41) is 8.52. The highest BCUT2D eigenvalue weighted by Gasteiger charge is 2.10. The molecule has 0 aromatic heterocycles. The van der Waals surface area contributed by atoms with E-state index in [2.05, 4.69) is 0 Å². The number of hydrogen-bond donors (Lipinski definition) is 1. The Bertz CT molecular complexity index is 308. The highest BCUT2D eigenvalue weighted by atomic mass is 19.1. The van der Waals surface area contributed by atoms with Crippen LogP contribution in [0.25, 0.3) is 0 Å². The van der Waals surface area contributed by atoms with Crippen LogP contribution >= 0.6 is 0 Å². The van der Waals surface area contributed by atoms with Gasteiger partial charge in [-0.2, -0.15) is 0 Å². The Kier molecular flexibility index (Phi) is 3.59. The maximum Gasteiger partial charge on any atom is 0.332 e. The molecule has 0 aliphatic rings. The van der Waals surface area contributed by atoms with E-state index in [0.717, 1.165) is 5.56 Å². The zero-order chi connectivity index (χ0) is 10.6. The van der Waals surface area contributed by atoms with Crippen molar-refractivity contribution in [3.63, 3.8) is 0 Å². The van der Waals surface area contributed by atoms with Gasteiger partial charge in [-0.3, -0.25) is 0 Å². The number of carbonyl (C=O) groups is 1. The third kappa shape index (κ3) is 3.14. The molecule has 3 nitrogen and oxygen atoms in total. The molecule has 1 N–H and O–H groups in total. The SMILES string of the molecule is C[C@@H](OCc1ccc(F)cc1)C(=O)O. The van der Waals surface area contributed by atoms with Crippen LogP contribution in [-0.4, -0.2) is 17.2 Å². The normalized spacial score (nSPS) is 12.4. The van der Waals surface area contributed by atoms with Gasteiger partial charge in [0, 0.05) is 0 Å². The van der Waals surface area contributed by atoms with E-state index >= 15 is 0 Å². The first-order chi connectivity index (χ1) is 6.59. The van der Waals surface area contributed by atoms with Crippen molar-refractivity contribution < 1.29 is 19.0 Å². The number of rotatable bonds is 4. The van der Waals surface area contributed by atoms with Gasteiger partial charge < -0.3 is 9.84 Å². The molecule has 0 spiro atoms. The minimum Gasteiger partial charge on any atom is -0.479 e. The Labute approximate surface area is 81.1 Å². The zero-order valence-electron chi connectivity index (χ0n) is 7.74. The van der Waals surface area contributed by atoms with Crippen LogP contribution in [0.5, 0.6) is 0 Å². The number of benzene rings is 1. The third-order valence-corrected chi connectivity index (χ3v) is 1.76. The topological polar surface area (TPSA) is 46.5 Å². The summed E-state index contributed by atoms with van der Waals surface area (Å²) in [6, 6.07) is 5.74. The Hall–Kier alpha value is -1.42. The number of carboxylic acids is 1. The van der Waals surface area contributed by atoms with Crippen molar-refractivity contribution in [1.82, 2.24) is 0 Å². The van der Waals surface area contributed by atoms with E-state index in [9.17, 15) is 9.18 Å². The van der Waals surface area contributed by atoms with Gasteiger partial charge in [-0.05, 0) is 24.6 Å². The molecular formula is C10H11FO3. The van der Waals surface area contributed by atoms with Crippen molar-refractivity contribution in [3.8, 4) is 0 Å². The summed E-state index contributed by atoms with van der Waals surface area (Å²) in [6.45, 7) is 1.62. The van der Waals surface area contributed by atoms with Crippen LogP contribution in [0.2, 0.25) is 0 Å². The highest BCUT2D eigenvalue weighted by Crippen LogP contribution is 2.05. The molecule has 14 heavy (non-hydrogen) atoms. The van der Waals surface area contributed by atoms with Crippen LogP contribution in [0.4, 0.5) is 4.39 Å². The van der Waals surface area contributed by atoms with Gasteiger partial charge in [0.2, 0.25) is 0 Å². The maximum absolute atomic E-state index is 12.5. The molecule has 0 saturated carbocycles. The summed E-state index contributed by atoms with van der Waals surface area (Å²) in [6.07, 6.45) is -0.847. The predicted octanol–water partition coefficient (Wildman–Crippen LogP) is 1.82. The predicted molar refractivity (Wildman–Crippen MR) is 48.3 cm³/mol. The first kappa shape index (κ1) is 10.7. The molecule has 1 rings (SSSR count). The van der Waals surface area contributed by atoms with Gasteiger partial charge in [0.1, 0.15) is 5.82 Å². The minimum atomic E-state index is -1.01. The Balaban J connectivity index is 2.46. The van der Waals surface area contributed by atoms with Crippen LogP contribution < -0.4 is 0 Å². The van der Waals surface area contributed by atoms with Crippen LogP contribution in [0, 0.1) is 5.82 Å². The molecule has 0 aliphatic heterocycles. The lowest BCUT2D eigenvalue weighted by Crippen LogP contribution is -2.19. The summed E-state index contributed by atoms with van der Waals surface area (Å²) in [7, 11) is 0. The first-order valence-corrected chi connectivity index (χ1v) is 4.18. The van der Waals surface area contributed by atoms with E-state index in [1.54, 1.807) is 12.1 Å². The molecule has 0 fully saturated rings. The molecule has 0 bridgehead atoms. The van der Waals surface area contributed by atoms with E-state index in [1.165, 1.54) is 19.1 Å². The van der Waals surface area contributed by atoms with Gasteiger partial charge in [-0.1, -0.05) is 12.1 Å². The second kappa shape index (κ2) is 4.72. The molecule has 0 amide bonds. The van der Waals surface area contributed by atoms with Gasteiger partial charge in [0.25, 0.3) is 0 Å². The summed E-state index contributed by atoms with van der Waals surface area (Å²) in [4.78, 5) is 10.4. The lowest BCUT2D eigenvalue weighted by Gasteiger charge is -2.07. The molecule has 0 unspecified atom stereocenters. The van der Waals surface area contributed by atoms with Crippen molar-refractivity contribution >= 4 is 5.97 Å². The van der Waals surface area contributed by atoms with E-state index in [4.69, 9.17) is 9.84 Å². The van der Waals surface area contributed by atoms with Crippen molar-refractivity contribution in [2.24, 2.45) is 0 Å². The highest BCUT2D eigenvalue weighted by molar-refractivity contribution is 5.71. The van der Waals surface area contributed by atoms with Crippen LogP contribution in [-0.2, 0) is 16.1 Å². The lowest BCUT2D eigenvalue weighted by molar-refractivity contribution is -0.149. The maximum atomic E-state index is 12.5. The smallest absolute Gasteiger partial charge is 0.332 e. The summed E-state index contributed by atoms with van der Waals surface area (Å²) in [5.74, 6) is -1.33. The Morgan fingerprint density at radius 1 is 1.50 bits per heavy atom. The molecule has 0 heterocycles. The van der Waals surface area contributed by atoms with Gasteiger partial charge in [0.15, 0.2) is 6.10 Å². The number of aliphatic carboxylic acids is 1. The van der Waals surface area contributed by atoms with Crippen LogP contribution in [0.15, 0.2) is 24.3 Å². The monoisotopic (exact) mass is 198 g/mol. The summed E-state index contributed by atoms with van der Waals surface area (Å²) >= 11 is 0. The van der Waals surface area contributed by atoms with Crippen molar-refractivity contribution in [2.45, 2.75) is 19.6 Å². The van der Waals surface area contributed by atoms with E-state index in [-0.39, 0.29) is 12.4 Å². The fourth-order valence-corrected chi connectivity index (χ4v) is 0.873. The molecule has 1 aromatic rings. The molecule has 4 heteroatoms. The first-order valence-electron chi connectivity index (χ1n) is 4.18. The largest absolute Gasteiger partial charge is 0.479 e. The van der Waals surface area contributed by atoms with Gasteiger partial charge in [0.05, 0.1) is 6.61 Å².